The second-order valence-electron chi connectivity index (χ2n) is 5.34. The van der Waals surface area contributed by atoms with E-state index in [0.717, 1.165) is 6.42 Å². The topological polar surface area (TPSA) is 88.7 Å². The summed E-state index contributed by atoms with van der Waals surface area (Å²) in [5.41, 5.74) is 0.770. The van der Waals surface area contributed by atoms with Crippen LogP contribution in [-0.2, 0) is 16.3 Å². The molecule has 0 bridgehead atoms. The lowest BCUT2D eigenvalue weighted by atomic mass is 10.1. The van der Waals surface area contributed by atoms with Crippen LogP contribution in [0.2, 0.25) is 0 Å². The quantitative estimate of drug-likeness (QED) is 0.929. The van der Waals surface area contributed by atoms with Gasteiger partial charge >= 0.3 is 5.97 Å². The number of pyridine rings is 1. The molecule has 0 amide bonds. The standard InChI is InChI=1S/C14H16N2O4S/c17-14(18)12-6-3-4-10-9-15-13(16(10)12)8-11-5-1-2-7-21(11,19)20/h3-4,6,9,11H,1-2,5,7-8H2,(H,17,18). The number of aromatic carboxylic acids is 1. The predicted octanol–water partition coefficient (Wildman–Crippen LogP) is 1.54. The minimum atomic E-state index is -3.10. The molecule has 21 heavy (non-hydrogen) atoms. The zero-order chi connectivity index (χ0) is 15.0. The molecule has 1 atom stereocenters. The number of nitrogens with zero attached hydrogens (tertiary/aromatic N) is 2. The fraction of sp³-hybridized carbons (Fsp3) is 0.429. The summed E-state index contributed by atoms with van der Waals surface area (Å²) in [6, 6.07) is 4.91. The third-order valence-corrected chi connectivity index (χ3v) is 6.24. The summed E-state index contributed by atoms with van der Waals surface area (Å²) < 4.78 is 25.8. The van der Waals surface area contributed by atoms with Crippen molar-refractivity contribution in [1.29, 1.82) is 0 Å². The molecular weight excluding hydrogens is 292 g/mol. The Bertz CT molecular complexity index is 794. The van der Waals surface area contributed by atoms with E-state index in [1.165, 1.54) is 10.5 Å². The summed E-state index contributed by atoms with van der Waals surface area (Å²) in [5, 5.41) is 8.81. The molecule has 0 aliphatic carbocycles. The molecule has 1 saturated heterocycles. The van der Waals surface area contributed by atoms with Gasteiger partial charge in [-0.3, -0.25) is 4.40 Å². The van der Waals surface area contributed by atoms with Gasteiger partial charge in [0, 0.05) is 6.42 Å². The molecule has 1 aliphatic rings. The number of carbonyl (C=O) groups is 1. The van der Waals surface area contributed by atoms with Crippen molar-refractivity contribution in [3.8, 4) is 0 Å². The molecule has 1 N–H and O–H groups in total. The summed E-state index contributed by atoms with van der Waals surface area (Å²) in [5.74, 6) is -0.336. The lowest BCUT2D eigenvalue weighted by Gasteiger charge is -2.21. The highest BCUT2D eigenvalue weighted by Gasteiger charge is 2.30. The van der Waals surface area contributed by atoms with Crippen LogP contribution in [-0.4, -0.2) is 39.9 Å². The van der Waals surface area contributed by atoms with Crippen LogP contribution >= 0.6 is 0 Å². The molecule has 2 aromatic rings. The van der Waals surface area contributed by atoms with E-state index in [-0.39, 0.29) is 17.9 Å². The Labute approximate surface area is 122 Å². The fourth-order valence-electron chi connectivity index (χ4n) is 2.88. The smallest absolute Gasteiger partial charge is 0.352 e. The van der Waals surface area contributed by atoms with Gasteiger partial charge < -0.3 is 5.11 Å². The van der Waals surface area contributed by atoms with Crippen molar-refractivity contribution < 1.29 is 18.3 Å². The monoisotopic (exact) mass is 308 g/mol. The lowest BCUT2D eigenvalue weighted by molar-refractivity contribution is 0.0688. The number of hydrogen-bond donors (Lipinski definition) is 1. The Morgan fingerprint density at radius 2 is 2.19 bits per heavy atom. The average Bonchev–Trinajstić information content (AvgIpc) is 2.84. The van der Waals surface area contributed by atoms with Crippen LogP contribution in [0.15, 0.2) is 24.4 Å². The Hall–Kier alpha value is -1.89. The average molecular weight is 308 g/mol. The summed E-state index contributed by atoms with van der Waals surface area (Å²) in [6.45, 7) is 0. The molecule has 2 aromatic heterocycles. The van der Waals surface area contributed by atoms with Crippen molar-refractivity contribution in [3.63, 3.8) is 0 Å². The molecular formula is C14H16N2O4S. The van der Waals surface area contributed by atoms with Crippen LogP contribution in [0.1, 0.15) is 35.6 Å². The van der Waals surface area contributed by atoms with E-state index in [0.29, 0.717) is 24.2 Å². The molecule has 3 rings (SSSR count). The van der Waals surface area contributed by atoms with Gasteiger partial charge in [0.05, 0.1) is 22.7 Å². The predicted molar refractivity (Wildman–Crippen MR) is 77.3 cm³/mol. The lowest BCUT2D eigenvalue weighted by Crippen LogP contribution is -2.31. The number of imidazole rings is 1. The van der Waals surface area contributed by atoms with Gasteiger partial charge in [0.1, 0.15) is 11.5 Å². The van der Waals surface area contributed by atoms with Gasteiger partial charge in [0.2, 0.25) is 0 Å². The largest absolute Gasteiger partial charge is 0.477 e. The maximum Gasteiger partial charge on any atom is 0.352 e. The van der Waals surface area contributed by atoms with E-state index < -0.39 is 21.1 Å². The second kappa shape index (κ2) is 5.14. The van der Waals surface area contributed by atoms with E-state index in [9.17, 15) is 18.3 Å². The van der Waals surface area contributed by atoms with Crippen molar-refractivity contribution in [2.45, 2.75) is 30.9 Å². The molecule has 1 unspecified atom stereocenters. The zero-order valence-corrected chi connectivity index (χ0v) is 12.2. The molecule has 1 fully saturated rings. The van der Waals surface area contributed by atoms with E-state index in [2.05, 4.69) is 4.98 Å². The number of hydrogen-bond acceptors (Lipinski definition) is 4. The van der Waals surface area contributed by atoms with Crippen LogP contribution in [0.4, 0.5) is 0 Å². The molecule has 1 aliphatic heterocycles. The van der Waals surface area contributed by atoms with Crippen molar-refractivity contribution >= 4 is 21.3 Å². The van der Waals surface area contributed by atoms with Gasteiger partial charge in [-0.15, -0.1) is 0 Å². The van der Waals surface area contributed by atoms with Crippen LogP contribution in [0, 0.1) is 0 Å². The number of sulfone groups is 1. The maximum absolute atomic E-state index is 12.1. The van der Waals surface area contributed by atoms with Gasteiger partial charge in [0.25, 0.3) is 0 Å². The minimum Gasteiger partial charge on any atom is -0.477 e. The Morgan fingerprint density at radius 1 is 1.38 bits per heavy atom. The number of rotatable bonds is 3. The maximum atomic E-state index is 12.1. The molecule has 6 nitrogen and oxygen atoms in total. The number of aromatic nitrogens is 2. The van der Waals surface area contributed by atoms with Gasteiger partial charge in [-0.1, -0.05) is 12.5 Å². The Morgan fingerprint density at radius 3 is 2.90 bits per heavy atom. The molecule has 0 radical (unpaired) electrons. The number of carboxylic acid groups (broad SMARTS) is 1. The summed E-state index contributed by atoms with van der Waals surface area (Å²) in [4.78, 5) is 15.6. The second-order valence-corrected chi connectivity index (χ2v) is 7.74. The number of fused-ring (bicyclic) bond motifs is 1. The van der Waals surface area contributed by atoms with Crippen molar-refractivity contribution in [2.75, 3.05) is 5.75 Å². The highest BCUT2D eigenvalue weighted by molar-refractivity contribution is 7.92. The SMILES string of the molecule is O=C(O)c1cccc2cnc(CC3CCCCS3(=O)=O)n12. The van der Waals surface area contributed by atoms with E-state index in [4.69, 9.17) is 0 Å². The molecule has 0 spiro atoms. The Balaban J connectivity index is 2.03. The Kier molecular flexibility index (Phi) is 3.44. The first kappa shape index (κ1) is 14.1. The molecule has 0 saturated carbocycles. The van der Waals surface area contributed by atoms with Gasteiger partial charge in [0.15, 0.2) is 9.84 Å². The number of carboxylic acids is 1. The van der Waals surface area contributed by atoms with Crippen molar-refractivity contribution in [3.05, 3.63) is 35.9 Å². The zero-order valence-electron chi connectivity index (χ0n) is 11.4. The van der Waals surface area contributed by atoms with Crippen molar-refractivity contribution in [2.24, 2.45) is 0 Å². The molecule has 7 heteroatoms. The van der Waals surface area contributed by atoms with Gasteiger partial charge in [-0.25, -0.2) is 18.2 Å². The van der Waals surface area contributed by atoms with Gasteiger partial charge in [-0.2, -0.15) is 0 Å². The highest BCUT2D eigenvalue weighted by Crippen LogP contribution is 2.23. The van der Waals surface area contributed by atoms with Crippen LogP contribution < -0.4 is 0 Å². The summed E-state index contributed by atoms with van der Waals surface area (Å²) >= 11 is 0. The third-order valence-electron chi connectivity index (χ3n) is 3.97. The summed E-state index contributed by atoms with van der Waals surface area (Å²) in [6.07, 6.45) is 4.06. The van der Waals surface area contributed by atoms with Crippen molar-refractivity contribution in [1.82, 2.24) is 9.38 Å². The van der Waals surface area contributed by atoms with Crippen LogP contribution in [0.3, 0.4) is 0 Å². The van der Waals surface area contributed by atoms with E-state index in [1.54, 1.807) is 18.3 Å². The normalized spacial score (nSPS) is 21.4. The summed E-state index contributed by atoms with van der Waals surface area (Å²) in [7, 11) is -3.10. The van der Waals surface area contributed by atoms with Crippen LogP contribution in [0.5, 0.6) is 0 Å². The highest BCUT2D eigenvalue weighted by atomic mass is 32.2. The fourth-order valence-corrected chi connectivity index (χ4v) is 4.75. The molecule has 112 valence electrons. The third kappa shape index (κ3) is 2.53. The first-order valence-corrected chi connectivity index (χ1v) is 8.61. The molecule has 0 aromatic carbocycles. The first-order valence-electron chi connectivity index (χ1n) is 6.89. The van der Waals surface area contributed by atoms with Gasteiger partial charge in [-0.05, 0) is 25.0 Å². The minimum absolute atomic E-state index is 0.105. The van der Waals surface area contributed by atoms with E-state index in [1.807, 2.05) is 0 Å². The van der Waals surface area contributed by atoms with Crippen LogP contribution in [0.25, 0.3) is 5.52 Å². The molecule has 3 heterocycles. The first-order chi connectivity index (χ1) is 9.99. The van der Waals surface area contributed by atoms with E-state index >= 15 is 0 Å².